The number of aryl methyl sites for hydroxylation is 1. The van der Waals surface area contributed by atoms with Crippen molar-refractivity contribution in [1.82, 2.24) is 24.8 Å². The fraction of sp³-hybridized carbons (Fsp3) is 0.318. The van der Waals surface area contributed by atoms with Crippen LogP contribution < -0.4 is 5.56 Å². The Bertz CT molecular complexity index is 1020. The molecule has 0 aromatic carbocycles. The highest BCUT2D eigenvalue weighted by Gasteiger charge is 2.29. The minimum absolute atomic E-state index is 0.0782. The number of likely N-dealkylation sites (tertiary alicyclic amines) is 1. The van der Waals surface area contributed by atoms with Gasteiger partial charge in [0.25, 0.3) is 11.5 Å². The second kappa shape index (κ2) is 8.77. The lowest BCUT2D eigenvalue weighted by atomic mass is 9.96. The van der Waals surface area contributed by atoms with Crippen LogP contribution in [0.5, 0.6) is 0 Å². The minimum Gasteiger partial charge on any atom is -0.335 e. The molecule has 29 heavy (non-hydrogen) atoms. The number of pyridine rings is 2. The number of nitrogens with one attached hydrogen (secondary N) is 1. The predicted molar refractivity (Wildman–Crippen MR) is 109 cm³/mol. The van der Waals surface area contributed by atoms with Crippen LogP contribution >= 0.6 is 0 Å². The molecule has 0 aliphatic carbocycles. The van der Waals surface area contributed by atoms with Gasteiger partial charge in [0.05, 0.1) is 0 Å². The third-order valence-electron chi connectivity index (χ3n) is 5.29. The van der Waals surface area contributed by atoms with E-state index in [-0.39, 0.29) is 17.5 Å². The summed E-state index contributed by atoms with van der Waals surface area (Å²) in [5.41, 5.74) is 1.23. The first-order valence-electron chi connectivity index (χ1n) is 9.94. The smallest absolute Gasteiger partial charge is 0.264 e. The Balaban J connectivity index is 1.51. The van der Waals surface area contributed by atoms with E-state index in [1.165, 1.54) is 6.20 Å². The summed E-state index contributed by atoms with van der Waals surface area (Å²) in [7, 11) is 0. The predicted octanol–water partition coefficient (Wildman–Crippen LogP) is 2.85. The molecule has 3 aromatic heterocycles. The van der Waals surface area contributed by atoms with Crippen molar-refractivity contribution in [2.45, 2.75) is 38.1 Å². The first-order chi connectivity index (χ1) is 14.2. The molecule has 0 bridgehead atoms. The average Bonchev–Trinajstić information content (AvgIpc) is 2.79. The standard InChI is InChI=1S/C22H23N5O2/c28-21-18(15-25-20(26-21)19-9-2-5-13-24-19)22(29)27-14-6-3-8-17(27)11-10-16-7-1-4-12-23-16/h1-2,4-5,7,9,12-13,15,17H,3,6,8,10-11,14H2,(H,25,26,28)/t17-/m0/s1. The maximum Gasteiger partial charge on any atom is 0.264 e. The van der Waals surface area contributed by atoms with E-state index in [1.807, 2.05) is 29.2 Å². The van der Waals surface area contributed by atoms with Gasteiger partial charge < -0.3 is 9.88 Å². The number of carbonyl (C=O) groups excluding carboxylic acids is 1. The average molecular weight is 389 g/mol. The summed E-state index contributed by atoms with van der Waals surface area (Å²) in [6.07, 6.45) is 9.41. The lowest BCUT2D eigenvalue weighted by molar-refractivity contribution is 0.0599. The van der Waals surface area contributed by atoms with Crippen LogP contribution in [0.3, 0.4) is 0 Å². The maximum atomic E-state index is 13.1. The van der Waals surface area contributed by atoms with Gasteiger partial charge in [-0.15, -0.1) is 0 Å². The van der Waals surface area contributed by atoms with Crippen molar-refractivity contribution in [3.63, 3.8) is 0 Å². The molecule has 1 amide bonds. The Kier molecular flexibility index (Phi) is 5.74. The fourth-order valence-electron chi connectivity index (χ4n) is 3.76. The molecule has 0 saturated carbocycles. The number of nitrogens with zero attached hydrogens (tertiary/aromatic N) is 4. The molecule has 1 fully saturated rings. The third kappa shape index (κ3) is 4.39. The number of hydrogen-bond donors (Lipinski definition) is 1. The molecule has 1 aliphatic heterocycles. The first-order valence-corrected chi connectivity index (χ1v) is 9.94. The summed E-state index contributed by atoms with van der Waals surface area (Å²) in [5, 5.41) is 0. The Morgan fingerprint density at radius 3 is 2.62 bits per heavy atom. The number of carbonyl (C=O) groups is 1. The third-order valence-corrected chi connectivity index (χ3v) is 5.29. The lowest BCUT2D eigenvalue weighted by Gasteiger charge is -2.35. The van der Waals surface area contributed by atoms with Crippen molar-refractivity contribution in [2.24, 2.45) is 0 Å². The Hall–Kier alpha value is -3.35. The highest BCUT2D eigenvalue weighted by atomic mass is 16.2. The van der Waals surface area contributed by atoms with E-state index in [2.05, 4.69) is 19.9 Å². The van der Waals surface area contributed by atoms with Crippen LogP contribution in [-0.4, -0.2) is 43.3 Å². The monoisotopic (exact) mass is 389 g/mol. The van der Waals surface area contributed by atoms with Gasteiger partial charge in [0.15, 0.2) is 5.82 Å². The molecule has 3 aromatic rings. The molecule has 7 nitrogen and oxygen atoms in total. The topological polar surface area (TPSA) is 91.8 Å². The van der Waals surface area contributed by atoms with Gasteiger partial charge in [0, 0.05) is 36.9 Å². The van der Waals surface area contributed by atoms with Gasteiger partial charge in [-0.25, -0.2) is 4.98 Å². The van der Waals surface area contributed by atoms with Crippen molar-refractivity contribution in [2.75, 3.05) is 6.54 Å². The van der Waals surface area contributed by atoms with Gasteiger partial charge in [0.2, 0.25) is 0 Å². The van der Waals surface area contributed by atoms with Gasteiger partial charge in [-0.2, -0.15) is 0 Å². The van der Waals surface area contributed by atoms with Crippen LogP contribution in [-0.2, 0) is 6.42 Å². The zero-order valence-corrected chi connectivity index (χ0v) is 16.1. The molecule has 1 atom stereocenters. The lowest BCUT2D eigenvalue weighted by Crippen LogP contribution is -2.45. The second-order valence-electron chi connectivity index (χ2n) is 7.20. The Morgan fingerprint density at radius 2 is 1.90 bits per heavy atom. The highest BCUT2D eigenvalue weighted by molar-refractivity contribution is 5.94. The van der Waals surface area contributed by atoms with Crippen molar-refractivity contribution < 1.29 is 4.79 Å². The number of hydrogen-bond acceptors (Lipinski definition) is 5. The molecule has 0 unspecified atom stereocenters. The summed E-state index contributed by atoms with van der Waals surface area (Å²) in [6, 6.07) is 11.3. The fourth-order valence-corrected chi connectivity index (χ4v) is 3.76. The maximum absolute atomic E-state index is 13.1. The van der Waals surface area contributed by atoms with Crippen LogP contribution in [0.1, 0.15) is 41.7 Å². The normalized spacial score (nSPS) is 16.6. The largest absolute Gasteiger partial charge is 0.335 e. The summed E-state index contributed by atoms with van der Waals surface area (Å²) in [5.74, 6) is 0.106. The Labute approximate surface area is 168 Å². The van der Waals surface area contributed by atoms with E-state index in [0.29, 0.717) is 18.1 Å². The molecule has 148 valence electrons. The van der Waals surface area contributed by atoms with E-state index >= 15 is 0 Å². The SMILES string of the molecule is O=C(c1cnc(-c2ccccn2)[nH]c1=O)N1CCCC[C@H]1CCc1ccccn1. The number of aromatic amines is 1. The molecule has 7 heteroatoms. The summed E-state index contributed by atoms with van der Waals surface area (Å²) in [6.45, 7) is 0.660. The molecule has 0 radical (unpaired) electrons. The molecule has 0 spiro atoms. The minimum atomic E-state index is -0.431. The quantitative estimate of drug-likeness (QED) is 0.724. The molecule has 1 N–H and O–H groups in total. The van der Waals surface area contributed by atoms with Gasteiger partial charge in [-0.3, -0.25) is 19.6 Å². The number of H-pyrrole nitrogens is 1. The van der Waals surface area contributed by atoms with Crippen LogP contribution in [0.25, 0.3) is 11.5 Å². The second-order valence-corrected chi connectivity index (χ2v) is 7.20. The number of rotatable bonds is 5. The van der Waals surface area contributed by atoms with Crippen LogP contribution in [0, 0.1) is 0 Å². The first kappa shape index (κ1) is 19.0. The number of piperidine rings is 1. The molecular weight excluding hydrogens is 366 g/mol. The molecule has 4 rings (SSSR count). The van der Waals surface area contributed by atoms with Gasteiger partial charge in [-0.1, -0.05) is 12.1 Å². The summed E-state index contributed by atoms with van der Waals surface area (Å²) in [4.78, 5) is 43.1. The van der Waals surface area contributed by atoms with Crippen LogP contribution in [0.2, 0.25) is 0 Å². The van der Waals surface area contributed by atoms with E-state index in [4.69, 9.17) is 0 Å². The van der Waals surface area contributed by atoms with Gasteiger partial charge in [-0.05, 0) is 56.4 Å². The van der Waals surface area contributed by atoms with Gasteiger partial charge >= 0.3 is 0 Å². The molecule has 1 saturated heterocycles. The molecule has 1 aliphatic rings. The van der Waals surface area contributed by atoms with E-state index in [9.17, 15) is 9.59 Å². The highest BCUT2D eigenvalue weighted by Crippen LogP contribution is 2.22. The van der Waals surface area contributed by atoms with Crippen molar-refractivity contribution in [3.8, 4) is 11.5 Å². The molecular formula is C22H23N5O2. The van der Waals surface area contributed by atoms with Crippen LogP contribution in [0.4, 0.5) is 0 Å². The zero-order chi connectivity index (χ0) is 20.1. The summed E-state index contributed by atoms with van der Waals surface area (Å²) >= 11 is 0. The van der Waals surface area contributed by atoms with E-state index < -0.39 is 5.56 Å². The van der Waals surface area contributed by atoms with Crippen molar-refractivity contribution in [3.05, 3.63) is 76.6 Å². The van der Waals surface area contributed by atoms with Crippen molar-refractivity contribution in [1.29, 1.82) is 0 Å². The van der Waals surface area contributed by atoms with Crippen molar-refractivity contribution >= 4 is 5.91 Å². The van der Waals surface area contributed by atoms with Crippen LogP contribution in [0.15, 0.2) is 59.8 Å². The molecule has 4 heterocycles. The van der Waals surface area contributed by atoms with E-state index in [1.54, 1.807) is 24.5 Å². The summed E-state index contributed by atoms with van der Waals surface area (Å²) < 4.78 is 0. The Morgan fingerprint density at radius 1 is 1.07 bits per heavy atom. The number of amides is 1. The zero-order valence-electron chi connectivity index (χ0n) is 16.1. The van der Waals surface area contributed by atoms with E-state index in [0.717, 1.165) is 37.8 Å². The number of aromatic nitrogens is 4. The van der Waals surface area contributed by atoms with Gasteiger partial charge in [0.1, 0.15) is 11.3 Å².